The van der Waals surface area contributed by atoms with Gasteiger partial charge in [0.25, 0.3) is 5.91 Å². The van der Waals surface area contributed by atoms with Gasteiger partial charge in [0.1, 0.15) is 0 Å². The van der Waals surface area contributed by atoms with Crippen LogP contribution in [0.5, 0.6) is 0 Å². The van der Waals surface area contributed by atoms with E-state index in [4.69, 9.17) is 4.74 Å². The van der Waals surface area contributed by atoms with Gasteiger partial charge in [-0.15, -0.1) is 0 Å². The minimum Gasteiger partial charge on any atom is -0.385 e. The van der Waals surface area contributed by atoms with E-state index < -0.39 is 0 Å². The van der Waals surface area contributed by atoms with Gasteiger partial charge in [0, 0.05) is 63.5 Å². The van der Waals surface area contributed by atoms with Crippen molar-refractivity contribution in [2.75, 3.05) is 60.5 Å². The van der Waals surface area contributed by atoms with Crippen LogP contribution in [0.25, 0.3) is 0 Å². The molecule has 0 unspecified atom stereocenters. The van der Waals surface area contributed by atoms with Crippen LogP contribution in [-0.4, -0.2) is 77.3 Å². The number of guanidine groups is 1. The molecule has 0 saturated heterocycles. The molecular formula is C18H30BrN5O2. The Labute approximate surface area is 164 Å². The first kappa shape index (κ1) is 22.4. The SMILES string of the molecule is CN=C(NCCNC(=O)c1ccc(Br)cc1)NCCN(C)CCCOC. The highest BCUT2D eigenvalue weighted by Crippen LogP contribution is 2.10. The first-order chi connectivity index (χ1) is 12.6. The summed E-state index contributed by atoms with van der Waals surface area (Å²) in [5.41, 5.74) is 0.646. The van der Waals surface area contributed by atoms with E-state index in [0.29, 0.717) is 18.7 Å². The van der Waals surface area contributed by atoms with Crippen molar-refractivity contribution in [1.82, 2.24) is 20.9 Å². The third-order valence-corrected chi connectivity index (χ3v) is 4.24. The number of amides is 1. The van der Waals surface area contributed by atoms with Crippen molar-refractivity contribution < 1.29 is 9.53 Å². The summed E-state index contributed by atoms with van der Waals surface area (Å²) in [5, 5.41) is 9.34. The zero-order chi connectivity index (χ0) is 19.2. The Morgan fingerprint density at radius 1 is 1.12 bits per heavy atom. The summed E-state index contributed by atoms with van der Waals surface area (Å²) in [5.74, 6) is 0.646. The van der Waals surface area contributed by atoms with E-state index in [1.807, 2.05) is 12.1 Å². The van der Waals surface area contributed by atoms with Crippen LogP contribution in [0.3, 0.4) is 0 Å². The average Bonchev–Trinajstić information content (AvgIpc) is 2.64. The molecule has 0 heterocycles. The average molecular weight is 428 g/mol. The Balaban J connectivity index is 2.16. The fourth-order valence-corrected chi connectivity index (χ4v) is 2.50. The summed E-state index contributed by atoms with van der Waals surface area (Å²) < 4.78 is 6.01. The monoisotopic (exact) mass is 427 g/mol. The first-order valence-electron chi connectivity index (χ1n) is 8.72. The van der Waals surface area contributed by atoms with Crippen molar-refractivity contribution in [1.29, 1.82) is 0 Å². The minimum absolute atomic E-state index is 0.0834. The molecule has 0 aliphatic rings. The number of rotatable bonds is 11. The van der Waals surface area contributed by atoms with Gasteiger partial charge in [-0.25, -0.2) is 0 Å². The summed E-state index contributed by atoms with van der Waals surface area (Å²) >= 11 is 3.36. The molecule has 0 fully saturated rings. The molecule has 0 spiro atoms. The number of nitrogens with zero attached hydrogens (tertiary/aromatic N) is 2. The number of hydrogen-bond acceptors (Lipinski definition) is 4. The number of benzene rings is 1. The number of halogens is 1. The number of methoxy groups -OCH3 is 1. The number of likely N-dealkylation sites (N-methyl/N-ethyl adjacent to an activating group) is 1. The molecule has 0 aliphatic heterocycles. The molecule has 1 amide bonds. The maximum atomic E-state index is 12.0. The smallest absolute Gasteiger partial charge is 0.251 e. The van der Waals surface area contributed by atoms with Crippen molar-refractivity contribution in [2.45, 2.75) is 6.42 Å². The Morgan fingerprint density at radius 3 is 2.42 bits per heavy atom. The van der Waals surface area contributed by atoms with Gasteiger partial charge in [-0.3, -0.25) is 9.79 Å². The maximum absolute atomic E-state index is 12.0. The second-order valence-corrected chi connectivity index (χ2v) is 6.75. The number of carbonyl (C=O) groups excluding carboxylic acids is 1. The highest BCUT2D eigenvalue weighted by Gasteiger charge is 2.04. The van der Waals surface area contributed by atoms with Gasteiger partial charge in [0.05, 0.1) is 0 Å². The molecule has 0 radical (unpaired) electrons. The summed E-state index contributed by atoms with van der Waals surface area (Å²) in [7, 11) is 5.54. The largest absolute Gasteiger partial charge is 0.385 e. The molecule has 1 rings (SSSR count). The molecule has 26 heavy (non-hydrogen) atoms. The topological polar surface area (TPSA) is 78.0 Å². The highest BCUT2D eigenvalue weighted by atomic mass is 79.9. The molecule has 0 aliphatic carbocycles. The molecule has 1 aromatic carbocycles. The van der Waals surface area contributed by atoms with Gasteiger partial charge in [-0.05, 0) is 37.7 Å². The Hall–Kier alpha value is -1.64. The van der Waals surface area contributed by atoms with Crippen LogP contribution in [0.15, 0.2) is 33.7 Å². The van der Waals surface area contributed by atoms with E-state index in [1.54, 1.807) is 26.3 Å². The molecule has 1 aromatic rings. The Morgan fingerprint density at radius 2 is 1.77 bits per heavy atom. The van der Waals surface area contributed by atoms with Crippen molar-refractivity contribution in [3.05, 3.63) is 34.3 Å². The summed E-state index contributed by atoms with van der Waals surface area (Å²) in [6.07, 6.45) is 1.03. The summed E-state index contributed by atoms with van der Waals surface area (Å²) in [6.45, 7) is 4.63. The second-order valence-electron chi connectivity index (χ2n) is 5.84. The third kappa shape index (κ3) is 9.74. The summed E-state index contributed by atoms with van der Waals surface area (Å²) in [6, 6.07) is 7.28. The fraction of sp³-hybridized carbons (Fsp3) is 0.556. The van der Waals surface area contributed by atoms with Crippen LogP contribution in [0.4, 0.5) is 0 Å². The minimum atomic E-state index is -0.0834. The standard InChI is InChI=1S/C18H30BrN5O2/c1-20-18(23-11-13-24(2)12-4-14-26-3)22-10-9-21-17(25)15-5-7-16(19)8-6-15/h5-8H,4,9-14H2,1-3H3,(H,21,25)(H2,20,22,23). The Bertz CT molecular complexity index is 551. The molecule has 0 aromatic heterocycles. The maximum Gasteiger partial charge on any atom is 0.251 e. The lowest BCUT2D eigenvalue weighted by Crippen LogP contribution is -2.43. The number of ether oxygens (including phenoxy) is 1. The van der Waals surface area contributed by atoms with E-state index in [-0.39, 0.29) is 5.91 Å². The van der Waals surface area contributed by atoms with Crippen LogP contribution in [-0.2, 0) is 4.74 Å². The fourth-order valence-electron chi connectivity index (χ4n) is 2.24. The zero-order valence-electron chi connectivity index (χ0n) is 15.8. The van der Waals surface area contributed by atoms with Crippen LogP contribution in [0, 0.1) is 0 Å². The summed E-state index contributed by atoms with van der Waals surface area (Å²) in [4.78, 5) is 18.4. The van der Waals surface area contributed by atoms with Gasteiger partial charge >= 0.3 is 0 Å². The van der Waals surface area contributed by atoms with Crippen LogP contribution < -0.4 is 16.0 Å². The van der Waals surface area contributed by atoms with E-state index in [2.05, 4.69) is 48.8 Å². The van der Waals surface area contributed by atoms with Crippen molar-refractivity contribution in [3.63, 3.8) is 0 Å². The van der Waals surface area contributed by atoms with Gasteiger partial charge < -0.3 is 25.6 Å². The second kappa shape index (κ2) is 13.5. The molecular weight excluding hydrogens is 398 g/mol. The van der Waals surface area contributed by atoms with Crippen molar-refractivity contribution in [2.24, 2.45) is 4.99 Å². The quantitative estimate of drug-likeness (QED) is 0.282. The lowest BCUT2D eigenvalue weighted by atomic mass is 10.2. The number of hydrogen-bond donors (Lipinski definition) is 3. The number of aliphatic imine (C=N–C) groups is 1. The van der Waals surface area contributed by atoms with Crippen molar-refractivity contribution >= 4 is 27.8 Å². The molecule has 146 valence electrons. The Kier molecular flexibility index (Phi) is 11.7. The highest BCUT2D eigenvalue weighted by molar-refractivity contribution is 9.10. The third-order valence-electron chi connectivity index (χ3n) is 3.71. The van der Waals surface area contributed by atoms with Gasteiger partial charge in [-0.1, -0.05) is 15.9 Å². The lowest BCUT2D eigenvalue weighted by molar-refractivity contribution is 0.0954. The van der Waals surface area contributed by atoms with Gasteiger partial charge in [0.2, 0.25) is 0 Å². The van der Waals surface area contributed by atoms with Crippen molar-refractivity contribution in [3.8, 4) is 0 Å². The van der Waals surface area contributed by atoms with Crippen LogP contribution in [0.1, 0.15) is 16.8 Å². The molecule has 0 atom stereocenters. The van der Waals surface area contributed by atoms with E-state index in [0.717, 1.165) is 43.1 Å². The normalized spacial score (nSPS) is 11.5. The molecule has 7 nitrogen and oxygen atoms in total. The molecule has 8 heteroatoms. The molecule has 0 saturated carbocycles. The predicted octanol–water partition coefficient (Wildman–Crippen LogP) is 1.31. The van der Waals surface area contributed by atoms with E-state index >= 15 is 0 Å². The first-order valence-corrected chi connectivity index (χ1v) is 9.52. The van der Waals surface area contributed by atoms with Crippen LogP contribution >= 0.6 is 15.9 Å². The van der Waals surface area contributed by atoms with Gasteiger partial charge in [-0.2, -0.15) is 0 Å². The lowest BCUT2D eigenvalue weighted by Gasteiger charge is -2.18. The number of carbonyl (C=O) groups is 1. The zero-order valence-corrected chi connectivity index (χ0v) is 17.4. The number of nitrogens with one attached hydrogen (secondary N) is 3. The molecule has 3 N–H and O–H groups in total. The van der Waals surface area contributed by atoms with Crippen LogP contribution in [0.2, 0.25) is 0 Å². The van der Waals surface area contributed by atoms with E-state index in [9.17, 15) is 4.79 Å². The van der Waals surface area contributed by atoms with E-state index in [1.165, 1.54) is 0 Å². The molecule has 0 bridgehead atoms. The predicted molar refractivity (Wildman–Crippen MR) is 110 cm³/mol. The van der Waals surface area contributed by atoms with Gasteiger partial charge in [0.15, 0.2) is 5.96 Å².